The van der Waals surface area contributed by atoms with Crippen molar-refractivity contribution < 1.29 is 9.52 Å². The predicted molar refractivity (Wildman–Crippen MR) is 59.0 cm³/mol. The Morgan fingerprint density at radius 2 is 2.38 bits per heavy atom. The first-order chi connectivity index (χ1) is 7.86. The van der Waals surface area contributed by atoms with Crippen LogP contribution in [0.5, 0.6) is 0 Å². The Morgan fingerprint density at radius 3 is 3.19 bits per heavy atom. The van der Waals surface area contributed by atoms with Crippen molar-refractivity contribution in [2.75, 3.05) is 0 Å². The maximum absolute atomic E-state index is 10.3. The molecule has 0 fully saturated rings. The number of pyridine rings is 1. The zero-order chi connectivity index (χ0) is 11.0. The van der Waals surface area contributed by atoms with E-state index in [0.29, 0.717) is 0 Å². The summed E-state index contributed by atoms with van der Waals surface area (Å²) in [4.78, 5) is 4.38. The van der Waals surface area contributed by atoms with Gasteiger partial charge in [0, 0.05) is 23.4 Å². The maximum Gasteiger partial charge on any atom is 0.0960 e. The van der Waals surface area contributed by atoms with Gasteiger partial charge in [-0.1, -0.05) is 6.07 Å². The van der Waals surface area contributed by atoms with Crippen LogP contribution in [0.25, 0.3) is 0 Å². The normalized spacial score (nSPS) is 20.7. The lowest BCUT2D eigenvalue weighted by Gasteiger charge is -2.16. The number of fused-ring (bicyclic) bond motifs is 1. The zero-order valence-electron chi connectivity index (χ0n) is 8.84. The van der Waals surface area contributed by atoms with Crippen molar-refractivity contribution >= 4 is 0 Å². The molecule has 82 valence electrons. The number of nitrogens with zero attached hydrogens (tertiary/aromatic N) is 1. The molecule has 0 saturated heterocycles. The van der Waals surface area contributed by atoms with Gasteiger partial charge in [-0.3, -0.25) is 4.98 Å². The van der Waals surface area contributed by atoms with Crippen LogP contribution in [0, 0.1) is 0 Å². The molecule has 2 unspecified atom stereocenters. The van der Waals surface area contributed by atoms with Crippen molar-refractivity contribution in [3.05, 3.63) is 53.7 Å². The van der Waals surface area contributed by atoms with Gasteiger partial charge in [0.15, 0.2) is 0 Å². The summed E-state index contributed by atoms with van der Waals surface area (Å²) in [5.41, 5.74) is 3.13. The number of aliphatic hydroxyl groups is 1. The van der Waals surface area contributed by atoms with Gasteiger partial charge in [-0.25, -0.2) is 0 Å². The molecular weight excluding hydrogens is 202 g/mol. The van der Waals surface area contributed by atoms with Crippen molar-refractivity contribution in [1.82, 2.24) is 4.98 Å². The fraction of sp³-hybridized carbons (Fsp3) is 0.308. The molecule has 0 aromatic carbocycles. The smallest absolute Gasteiger partial charge is 0.0960 e. The molecule has 2 atom stereocenters. The van der Waals surface area contributed by atoms with E-state index in [2.05, 4.69) is 11.1 Å². The van der Waals surface area contributed by atoms with Gasteiger partial charge in [-0.15, -0.1) is 0 Å². The van der Waals surface area contributed by atoms with Gasteiger partial charge < -0.3 is 9.52 Å². The molecule has 3 nitrogen and oxygen atoms in total. The molecule has 0 bridgehead atoms. The number of aliphatic hydroxyl groups excluding tert-OH is 1. The Bertz CT molecular complexity index is 478. The lowest BCUT2D eigenvalue weighted by atomic mass is 9.95. The van der Waals surface area contributed by atoms with Crippen molar-refractivity contribution in [3.8, 4) is 0 Å². The molecule has 0 aliphatic heterocycles. The highest BCUT2D eigenvalue weighted by Gasteiger charge is 2.30. The lowest BCUT2D eigenvalue weighted by Crippen LogP contribution is -2.08. The number of aryl methyl sites for hydroxylation is 1. The Balaban J connectivity index is 1.93. The molecule has 2 aromatic rings. The molecule has 3 heteroatoms. The van der Waals surface area contributed by atoms with Crippen LogP contribution < -0.4 is 0 Å². The molecule has 0 saturated carbocycles. The lowest BCUT2D eigenvalue weighted by molar-refractivity contribution is 0.142. The highest BCUT2D eigenvalue weighted by atomic mass is 16.3. The second kappa shape index (κ2) is 3.76. The van der Waals surface area contributed by atoms with E-state index in [1.54, 1.807) is 18.7 Å². The van der Waals surface area contributed by atoms with Gasteiger partial charge in [0.05, 0.1) is 18.6 Å². The summed E-state index contributed by atoms with van der Waals surface area (Å²) < 4.78 is 5.00. The fourth-order valence-electron chi connectivity index (χ4n) is 2.43. The van der Waals surface area contributed by atoms with Crippen LogP contribution in [0.3, 0.4) is 0 Å². The molecule has 1 aliphatic rings. The Morgan fingerprint density at radius 1 is 1.44 bits per heavy atom. The summed E-state index contributed by atoms with van der Waals surface area (Å²) >= 11 is 0. The first kappa shape index (κ1) is 9.60. The standard InChI is InChI=1S/C13H13NO2/c15-13(10-5-7-16-8-10)11-4-3-9-2-1-6-14-12(9)11/h1-2,5-8,11,13,15H,3-4H2. The summed E-state index contributed by atoms with van der Waals surface area (Å²) in [5.74, 6) is 0.105. The van der Waals surface area contributed by atoms with Crippen LogP contribution in [-0.4, -0.2) is 10.1 Å². The molecule has 1 aliphatic carbocycles. The fourth-order valence-corrected chi connectivity index (χ4v) is 2.43. The minimum atomic E-state index is -0.505. The first-order valence-corrected chi connectivity index (χ1v) is 5.50. The largest absolute Gasteiger partial charge is 0.472 e. The molecule has 1 N–H and O–H groups in total. The summed E-state index contributed by atoms with van der Waals surface area (Å²) in [6.45, 7) is 0. The van der Waals surface area contributed by atoms with Crippen molar-refractivity contribution in [1.29, 1.82) is 0 Å². The van der Waals surface area contributed by atoms with Gasteiger partial charge in [0.2, 0.25) is 0 Å². The third-order valence-corrected chi connectivity index (χ3v) is 3.27. The first-order valence-electron chi connectivity index (χ1n) is 5.50. The highest BCUT2D eigenvalue weighted by molar-refractivity contribution is 5.31. The third-order valence-electron chi connectivity index (χ3n) is 3.27. The van der Waals surface area contributed by atoms with Crippen molar-refractivity contribution in [3.63, 3.8) is 0 Å². The minimum absolute atomic E-state index is 0.105. The average Bonchev–Trinajstić information content (AvgIpc) is 2.98. The molecule has 0 spiro atoms. The van der Waals surface area contributed by atoms with E-state index >= 15 is 0 Å². The molecule has 2 heterocycles. The molecule has 0 amide bonds. The number of aromatic nitrogens is 1. The van der Waals surface area contributed by atoms with Crippen molar-refractivity contribution in [2.24, 2.45) is 0 Å². The summed E-state index contributed by atoms with van der Waals surface area (Å²) in [6, 6.07) is 5.85. The van der Waals surface area contributed by atoms with Gasteiger partial charge in [0.25, 0.3) is 0 Å². The van der Waals surface area contributed by atoms with Crippen LogP contribution in [0.15, 0.2) is 41.3 Å². The van der Waals surface area contributed by atoms with E-state index in [9.17, 15) is 5.11 Å². The van der Waals surface area contributed by atoms with E-state index in [4.69, 9.17) is 4.42 Å². The van der Waals surface area contributed by atoms with Crippen LogP contribution in [0.4, 0.5) is 0 Å². The van der Waals surface area contributed by atoms with E-state index in [-0.39, 0.29) is 5.92 Å². The SMILES string of the molecule is OC(c1ccoc1)C1CCc2cccnc21. The third kappa shape index (κ3) is 1.44. The number of hydrogen-bond donors (Lipinski definition) is 1. The second-order valence-corrected chi connectivity index (χ2v) is 4.19. The average molecular weight is 215 g/mol. The second-order valence-electron chi connectivity index (χ2n) is 4.19. The van der Waals surface area contributed by atoms with E-state index < -0.39 is 6.10 Å². The molecule has 2 aromatic heterocycles. The van der Waals surface area contributed by atoms with E-state index in [0.717, 1.165) is 24.1 Å². The summed E-state index contributed by atoms with van der Waals surface area (Å²) in [7, 11) is 0. The highest BCUT2D eigenvalue weighted by Crippen LogP contribution is 2.40. The van der Waals surface area contributed by atoms with Crippen LogP contribution in [0.2, 0.25) is 0 Å². The van der Waals surface area contributed by atoms with E-state index in [1.807, 2.05) is 12.1 Å². The topological polar surface area (TPSA) is 46.3 Å². The van der Waals surface area contributed by atoms with Crippen LogP contribution in [0.1, 0.15) is 35.3 Å². The number of hydrogen-bond acceptors (Lipinski definition) is 3. The minimum Gasteiger partial charge on any atom is -0.472 e. The molecule has 16 heavy (non-hydrogen) atoms. The monoisotopic (exact) mass is 215 g/mol. The van der Waals surface area contributed by atoms with Gasteiger partial charge in [-0.05, 0) is 30.5 Å². The van der Waals surface area contributed by atoms with Gasteiger partial charge in [-0.2, -0.15) is 0 Å². The van der Waals surface area contributed by atoms with Gasteiger partial charge in [0.1, 0.15) is 0 Å². The van der Waals surface area contributed by atoms with Crippen LogP contribution >= 0.6 is 0 Å². The summed E-state index contributed by atoms with van der Waals surface area (Å²) in [5, 5.41) is 10.3. The molecule has 3 rings (SSSR count). The number of furan rings is 1. The Kier molecular flexibility index (Phi) is 2.26. The quantitative estimate of drug-likeness (QED) is 0.836. The Labute approximate surface area is 93.8 Å². The van der Waals surface area contributed by atoms with Crippen molar-refractivity contribution in [2.45, 2.75) is 24.9 Å². The maximum atomic E-state index is 10.3. The zero-order valence-corrected chi connectivity index (χ0v) is 8.84. The van der Waals surface area contributed by atoms with E-state index in [1.165, 1.54) is 5.56 Å². The molecular formula is C13H13NO2. The summed E-state index contributed by atoms with van der Waals surface area (Å²) in [6.07, 6.45) is 6.44. The predicted octanol–water partition coefficient (Wildman–Crippen LogP) is 2.44. The number of rotatable bonds is 2. The van der Waals surface area contributed by atoms with Crippen LogP contribution in [-0.2, 0) is 6.42 Å². The van der Waals surface area contributed by atoms with Gasteiger partial charge >= 0.3 is 0 Å². The Hall–Kier alpha value is -1.61. The molecule has 0 radical (unpaired) electrons.